The van der Waals surface area contributed by atoms with Crippen molar-refractivity contribution in [3.8, 4) is 0 Å². The number of halogens is 1. The number of aliphatic hydroxyl groups excluding tert-OH is 1. The maximum absolute atomic E-state index is 9.33. The van der Waals surface area contributed by atoms with Gasteiger partial charge >= 0.3 is 0 Å². The van der Waals surface area contributed by atoms with E-state index in [0.717, 1.165) is 10.0 Å². The third-order valence-electron chi connectivity index (χ3n) is 1.98. The predicted molar refractivity (Wildman–Crippen MR) is 57.6 cm³/mol. The molecule has 0 bridgehead atoms. The molecule has 0 saturated carbocycles. The summed E-state index contributed by atoms with van der Waals surface area (Å²) in [4.78, 5) is 0. The molecule has 0 aliphatic carbocycles. The average molecular weight is 244 g/mol. The van der Waals surface area contributed by atoms with Crippen LogP contribution < -0.4 is 5.73 Å². The van der Waals surface area contributed by atoms with Crippen molar-refractivity contribution < 1.29 is 5.11 Å². The van der Waals surface area contributed by atoms with Gasteiger partial charge in [-0.15, -0.1) is 0 Å². The van der Waals surface area contributed by atoms with Crippen molar-refractivity contribution in [3.05, 3.63) is 33.8 Å². The van der Waals surface area contributed by atoms with Crippen LogP contribution in [0.4, 0.5) is 0 Å². The van der Waals surface area contributed by atoms with E-state index in [4.69, 9.17) is 5.73 Å². The maximum Gasteiger partial charge on any atom is 0.0702 e. The van der Waals surface area contributed by atoms with Crippen LogP contribution in [0.25, 0.3) is 0 Å². The minimum atomic E-state index is -0.436. The van der Waals surface area contributed by atoms with Crippen molar-refractivity contribution in [2.75, 3.05) is 6.54 Å². The predicted octanol–water partition coefficient (Wildman–Crippen LogP) is 1.62. The van der Waals surface area contributed by atoms with Gasteiger partial charge in [0.15, 0.2) is 0 Å². The average Bonchev–Trinajstić information content (AvgIpc) is 2.11. The monoisotopic (exact) mass is 243 g/mol. The molecule has 0 radical (unpaired) electrons. The Morgan fingerprint density at radius 2 is 2.23 bits per heavy atom. The van der Waals surface area contributed by atoms with Crippen LogP contribution in [0.3, 0.4) is 0 Å². The lowest BCUT2D eigenvalue weighted by atomic mass is 10.1. The molecular formula is C10H14BrNO. The van der Waals surface area contributed by atoms with Gasteiger partial charge in [0.1, 0.15) is 0 Å². The molecule has 0 aliphatic heterocycles. The van der Waals surface area contributed by atoms with Crippen LogP contribution in [-0.2, 0) is 6.42 Å². The summed E-state index contributed by atoms with van der Waals surface area (Å²) in [5.74, 6) is 0. The lowest BCUT2D eigenvalue weighted by Crippen LogP contribution is -2.21. The first-order valence-corrected chi connectivity index (χ1v) is 5.06. The zero-order chi connectivity index (χ0) is 9.84. The number of aryl methyl sites for hydroxylation is 1. The van der Waals surface area contributed by atoms with E-state index in [2.05, 4.69) is 15.9 Å². The summed E-state index contributed by atoms with van der Waals surface area (Å²) in [7, 11) is 0. The fourth-order valence-electron chi connectivity index (χ4n) is 1.12. The molecule has 0 amide bonds. The SMILES string of the molecule is Cc1ccc(CC(O)CN)cc1Br. The van der Waals surface area contributed by atoms with E-state index in [0.29, 0.717) is 13.0 Å². The fraction of sp³-hybridized carbons (Fsp3) is 0.400. The van der Waals surface area contributed by atoms with Gasteiger partial charge in [0.25, 0.3) is 0 Å². The van der Waals surface area contributed by atoms with E-state index < -0.39 is 6.10 Å². The molecule has 1 unspecified atom stereocenters. The van der Waals surface area contributed by atoms with Crippen molar-refractivity contribution in [2.24, 2.45) is 5.73 Å². The molecule has 2 nitrogen and oxygen atoms in total. The second-order valence-electron chi connectivity index (χ2n) is 3.18. The number of nitrogens with two attached hydrogens (primary N) is 1. The van der Waals surface area contributed by atoms with E-state index in [1.54, 1.807) is 0 Å². The highest BCUT2D eigenvalue weighted by Gasteiger charge is 2.03. The highest BCUT2D eigenvalue weighted by Crippen LogP contribution is 2.18. The third kappa shape index (κ3) is 3.10. The lowest BCUT2D eigenvalue weighted by molar-refractivity contribution is 0.183. The molecule has 0 aliphatic rings. The van der Waals surface area contributed by atoms with E-state index in [-0.39, 0.29) is 0 Å². The summed E-state index contributed by atoms with van der Waals surface area (Å²) in [5, 5.41) is 9.33. The first-order chi connectivity index (χ1) is 6.13. The van der Waals surface area contributed by atoms with Crippen LogP contribution in [0, 0.1) is 6.92 Å². The van der Waals surface area contributed by atoms with Crippen molar-refractivity contribution in [1.82, 2.24) is 0 Å². The van der Waals surface area contributed by atoms with Crippen LogP contribution in [0.15, 0.2) is 22.7 Å². The Hall–Kier alpha value is -0.380. The van der Waals surface area contributed by atoms with Crippen molar-refractivity contribution >= 4 is 15.9 Å². The Balaban J connectivity index is 2.73. The van der Waals surface area contributed by atoms with Gasteiger partial charge in [-0.1, -0.05) is 28.1 Å². The molecule has 0 fully saturated rings. The Morgan fingerprint density at radius 1 is 1.54 bits per heavy atom. The summed E-state index contributed by atoms with van der Waals surface area (Å²) in [6.45, 7) is 2.35. The molecule has 1 aromatic carbocycles. The van der Waals surface area contributed by atoms with Crippen LogP contribution in [-0.4, -0.2) is 17.8 Å². The van der Waals surface area contributed by atoms with Gasteiger partial charge in [-0.05, 0) is 30.5 Å². The molecule has 13 heavy (non-hydrogen) atoms. The van der Waals surface area contributed by atoms with E-state index >= 15 is 0 Å². The van der Waals surface area contributed by atoms with Crippen LogP contribution >= 0.6 is 15.9 Å². The maximum atomic E-state index is 9.33. The van der Waals surface area contributed by atoms with Gasteiger partial charge in [0, 0.05) is 11.0 Å². The molecule has 0 aromatic heterocycles. The zero-order valence-corrected chi connectivity index (χ0v) is 9.21. The molecule has 3 heteroatoms. The van der Waals surface area contributed by atoms with Crippen molar-refractivity contribution in [1.29, 1.82) is 0 Å². The topological polar surface area (TPSA) is 46.2 Å². The quantitative estimate of drug-likeness (QED) is 0.848. The normalized spacial score (nSPS) is 12.9. The van der Waals surface area contributed by atoms with Crippen molar-refractivity contribution in [2.45, 2.75) is 19.4 Å². The third-order valence-corrected chi connectivity index (χ3v) is 2.83. The largest absolute Gasteiger partial charge is 0.391 e. The number of benzene rings is 1. The molecule has 0 heterocycles. The van der Waals surface area contributed by atoms with Gasteiger partial charge in [0.2, 0.25) is 0 Å². The number of rotatable bonds is 3. The standard InChI is InChI=1S/C10H14BrNO/c1-7-2-3-8(5-10(7)11)4-9(13)6-12/h2-3,5,9,13H,4,6,12H2,1H3. The van der Waals surface area contributed by atoms with Gasteiger partial charge < -0.3 is 10.8 Å². The summed E-state index contributed by atoms with van der Waals surface area (Å²) in [6.07, 6.45) is 0.185. The summed E-state index contributed by atoms with van der Waals surface area (Å²) in [6, 6.07) is 6.07. The molecule has 72 valence electrons. The molecule has 1 aromatic rings. The first-order valence-electron chi connectivity index (χ1n) is 4.26. The molecule has 3 N–H and O–H groups in total. The molecule has 0 saturated heterocycles. The highest BCUT2D eigenvalue weighted by atomic mass is 79.9. The second kappa shape index (κ2) is 4.74. The van der Waals surface area contributed by atoms with Gasteiger partial charge in [-0.25, -0.2) is 0 Å². The van der Waals surface area contributed by atoms with Gasteiger partial charge in [-0.3, -0.25) is 0 Å². The second-order valence-corrected chi connectivity index (χ2v) is 4.03. The van der Waals surface area contributed by atoms with E-state index in [9.17, 15) is 5.11 Å². The Morgan fingerprint density at radius 3 is 2.77 bits per heavy atom. The van der Waals surface area contributed by atoms with E-state index in [1.807, 2.05) is 25.1 Å². The summed E-state index contributed by atoms with van der Waals surface area (Å²) >= 11 is 3.44. The first kappa shape index (κ1) is 10.7. The summed E-state index contributed by atoms with van der Waals surface area (Å²) in [5.41, 5.74) is 7.63. The van der Waals surface area contributed by atoms with Gasteiger partial charge in [-0.2, -0.15) is 0 Å². The number of aliphatic hydroxyl groups is 1. The Labute approximate surface area is 86.9 Å². The van der Waals surface area contributed by atoms with Crippen LogP contribution in [0.5, 0.6) is 0 Å². The van der Waals surface area contributed by atoms with Gasteiger partial charge in [0.05, 0.1) is 6.10 Å². The smallest absolute Gasteiger partial charge is 0.0702 e. The minimum Gasteiger partial charge on any atom is -0.391 e. The molecule has 0 spiro atoms. The van der Waals surface area contributed by atoms with Crippen molar-refractivity contribution in [3.63, 3.8) is 0 Å². The highest BCUT2D eigenvalue weighted by molar-refractivity contribution is 9.10. The van der Waals surface area contributed by atoms with E-state index in [1.165, 1.54) is 5.56 Å². The molecular weight excluding hydrogens is 230 g/mol. The number of hydrogen-bond acceptors (Lipinski definition) is 2. The minimum absolute atomic E-state index is 0.311. The lowest BCUT2D eigenvalue weighted by Gasteiger charge is -2.08. The fourth-order valence-corrected chi connectivity index (χ4v) is 1.54. The Kier molecular flexibility index (Phi) is 3.90. The van der Waals surface area contributed by atoms with Crippen LogP contribution in [0.2, 0.25) is 0 Å². The van der Waals surface area contributed by atoms with Crippen LogP contribution in [0.1, 0.15) is 11.1 Å². The number of hydrogen-bond donors (Lipinski definition) is 2. The molecule has 1 rings (SSSR count). The zero-order valence-electron chi connectivity index (χ0n) is 7.63. The molecule has 1 atom stereocenters. The Bertz CT molecular complexity index is 288. The summed E-state index contributed by atoms with van der Waals surface area (Å²) < 4.78 is 1.08.